The lowest BCUT2D eigenvalue weighted by atomic mass is 10.1. The van der Waals surface area contributed by atoms with E-state index in [0.29, 0.717) is 18.0 Å². The number of carbonyl (C=O) groups excluding carboxylic acids is 1. The third-order valence-electron chi connectivity index (χ3n) is 2.86. The molecule has 2 N–H and O–H groups in total. The molecule has 1 amide bonds. The van der Waals surface area contributed by atoms with Crippen molar-refractivity contribution in [1.29, 1.82) is 0 Å². The number of amides is 1. The summed E-state index contributed by atoms with van der Waals surface area (Å²) >= 11 is 6.01. The molecule has 1 aromatic rings. The molecule has 0 saturated heterocycles. The van der Waals surface area contributed by atoms with Crippen LogP contribution in [-0.4, -0.2) is 33.9 Å². The number of aliphatic hydroxyl groups is 1. The van der Waals surface area contributed by atoms with Crippen LogP contribution in [0, 0.1) is 19.8 Å². The number of hydrogen-bond donors (Lipinski definition) is 2. The average molecular weight is 274 g/mol. The number of aliphatic hydroxyl groups excluding tert-OH is 1. The normalized spacial score (nSPS) is 12.5. The van der Waals surface area contributed by atoms with E-state index in [0.717, 1.165) is 11.4 Å². The summed E-state index contributed by atoms with van der Waals surface area (Å²) in [5.74, 6) is 0.171. The van der Waals surface area contributed by atoms with Gasteiger partial charge in [0.1, 0.15) is 6.54 Å². The van der Waals surface area contributed by atoms with Gasteiger partial charge in [-0.1, -0.05) is 18.5 Å². The molecular formula is C12H20ClN3O2. The quantitative estimate of drug-likeness (QED) is 0.821. The van der Waals surface area contributed by atoms with Crippen molar-refractivity contribution < 1.29 is 9.90 Å². The summed E-state index contributed by atoms with van der Waals surface area (Å²) in [7, 11) is 0. The van der Waals surface area contributed by atoms with E-state index in [1.54, 1.807) is 4.68 Å². The van der Waals surface area contributed by atoms with Crippen molar-refractivity contribution in [2.45, 2.75) is 33.7 Å². The van der Waals surface area contributed by atoms with Gasteiger partial charge in [-0.05, 0) is 26.2 Å². The van der Waals surface area contributed by atoms with Crippen LogP contribution in [0.3, 0.4) is 0 Å². The Morgan fingerprint density at radius 1 is 1.56 bits per heavy atom. The molecule has 1 atom stereocenters. The lowest BCUT2D eigenvalue weighted by molar-refractivity contribution is -0.122. The average Bonchev–Trinajstić information content (AvgIpc) is 2.55. The van der Waals surface area contributed by atoms with E-state index in [4.69, 9.17) is 16.7 Å². The molecule has 0 bridgehead atoms. The second-order valence-electron chi connectivity index (χ2n) is 4.56. The highest BCUT2D eigenvalue weighted by atomic mass is 35.5. The van der Waals surface area contributed by atoms with E-state index in [2.05, 4.69) is 10.4 Å². The molecule has 6 heteroatoms. The van der Waals surface area contributed by atoms with E-state index < -0.39 is 0 Å². The largest absolute Gasteiger partial charge is 0.396 e. The van der Waals surface area contributed by atoms with E-state index in [1.165, 1.54) is 0 Å². The molecule has 102 valence electrons. The fraction of sp³-hybridized carbons (Fsp3) is 0.667. The zero-order valence-corrected chi connectivity index (χ0v) is 11.8. The van der Waals surface area contributed by atoms with Crippen LogP contribution in [0.1, 0.15) is 24.7 Å². The summed E-state index contributed by atoms with van der Waals surface area (Å²) in [6.07, 6.45) is 0.687. The van der Waals surface area contributed by atoms with Gasteiger partial charge in [0.25, 0.3) is 0 Å². The first kappa shape index (κ1) is 15.0. The predicted molar refractivity (Wildman–Crippen MR) is 70.6 cm³/mol. The fourth-order valence-corrected chi connectivity index (χ4v) is 1.77. The zero-order chi connectivity index (χ0) is 13.7. The maximum absolute atomic E-state index is 11.7. The van der Waals surface area contributed by atoms with Crippen LogP contribution in [0.4, 0.5) is 0 Å². The second-order valence-corrected chi connectivity index (χ2v) is 4.94. The van der Waals surface area contributed by atoms with Crippen LogP contribution in [0.25, 0.3) is 0 Å². The highest BCUT2D eigenvalue weighted by Gasteiger charge is 2.12. The van der Waals surface area contributed by atoms with E-state index >= 15 is 0 Å². The summed E-state index contributed by atoms with van der Waals surface area (Å²) in [6.45, 7) is 6.51. The Bertz CT molecular complexity index is 418. The summed E-state index contributed by atoms with van der Waals surface area (Å²) in [5, 5.41) is 16.4. The topological polar surface area (TPSA) is 67.2 Å². The summed E-state index contributed by atoms with van der Waals surface area (Å²) in [4.78, 5) is 11.7. The number of carbonyl (C=O) groups is 1. The van der Waals surface area contributed by atoms with Gasteiger partial charge < -0.3 is 10.4 Å². The van der Waals surface area contributed by atoms with Gasteiger partial charge in [0.2, 0.25) is 5.91 Å². The van der Waals surface area contributed by atoms with Crippen molar-refractivity contribution in [3.63, 3.8) is 0 Å². The van der Waals surface area contributed by atoms with Crippen molar-refractivity contribution >= 4 is 17.5 Å². The molecule has 0 spiro atoms. The van der Waals surface area contributed by atoms with Crippen molar-refractivity contribution in [3.8, 4) is 0 Å². The van der Waals surface area contributed by atoms with Crippen molar-refractivity contribution in [2.75, 3.05) is 13.2 Å². The summed E-state index contributed by atoms with van der Waals surface area (Å²) < 4.78 is 1.60. The molecular weight excluding hydrogens is 254 g/mol. The molecule has 18 heavy (non-hydrogen) atoms. The first-order chi connectivity index (χ1) is 8.45. The Hall–Kier alpha value is -1.07. The molecule has 1 unspecified atom stereocenters. The number of aryl methyl sites for hydroxylation is 1. The Morgan fingerprint density at radius 3 is 2.72 bits per heavy atom. The van der Waals surface area contributed by atoms with E-state index in [1.807, 2.05) is 20.8 Å². The van der Waals surface area contributed by atoms with Gasteiger partial charge in [0, 0.05) is 13.2 Å². The molecule has 1 heterocycles. The number of halogens is 1. The van der Waals surface area contributed by atoms with Crippen LogP contribution < -0.4 is 5.32 Å². The summed E-state index contributed by atoms with van der Waals surface area (Å²) in [5.41, 5.74) is 1.53. The van der Waals surface area contributed by atoms with Crippen molar-refractivity contribution in [1.82, 2.24) is 15.1 Å². The molecule has 5 nitrogen and oxygen atoms in total. The van der Waals surface area contributed by atoms with Crippen molar-refractivity contribution in [3.05, 3.63) is 16.4 Å². The van der Waals surface area contributed by atoms with Crippen molar-refractivity contribution in [2.24, 2.45) is 5.92 Å². The first-order valence-electron chi connectivity index (χ1n) is 6.02. The number of hydrogen-bond acceptors (Lipinski definition) is 3. The molecule has 0 aliphatic heterocycles. The van der Waals surface area contributed by atoms with Gasteiger partial charge in [-0.3, -0.25) is 9.48 Å². The lowest BCUT2D eigenvalue weighted by Crippen LogP contribution is -2.32. The molecule has 0 aliphatic carbocycles. The van der Waals surface area contributed by atoms with Gasteiger partial charge in [-0.25, -0.2) is 0 Å². The standard InChI is InChI=1S/C12H20ClN3O2/c1-8(4-5-17)6-14-11(18)7-16-10(3)12(13)9(2)15-16/h8,17H,4-7H2,1-3H3,(H,14,18). The van der Waals surface area contributed by atoms with Gasteiger partial charge >= 0.3 is 0 Å². The lowest BCUT2D eigenvalue weighted by Gasteiger charge is -2.11. The van der Waals surface area contributed by atoms with Crippen LogP contribution in [0.2, 0.25) is 5.02 Å². The Kier molecular flexibility index (Phi) is 5.62. The monoisotopic (exact) mass is 273 g/mol. The predicted octanol–water partition coefficient (Wildman–Crippen LogP) is 1.29. The van der Waals surface area contributed by atoms with Crippen LogP contribution >= 0.6 is 11.6 Å². The molecule has 0 aromatic carbocycles. The van der Waals surface area contributed by atoms with Gasteiger partial charge in [-0.15, -0.1) is 0 Å². The first-order valence-corrected chi connectivity index (χ1v) is 6.40. The maximum atomic E-state index is 11.7. The van der Waals surface area contributed by atoms with Crippen LogP contribution in [0.15, 0.2) is 0 Å². The molecule has 0 radical (unpaired) electrons. The minimum Gasteiger partial charge on any atom is -0.396 e. The highest BCUT2D eigenvalue weighted by Crippen LogP contribution is 2.18. The SMILES string of the molecule is Cc1nn(CC(=O)NCC(C)CCO)c(C)c1Cl. The van der Waals surface area contributed by atoms with E-state index in [9.17, 15) is 4.79 Å². The van der Waals surface area contributed by atoms with E-state index in [-0.39, 0.29) is 25.0 Å². The van der Waals surface area contributed by atoms with Gasteiger partial charge in [0.05, 0.1) is 16.4 Å². The maximum Gasteiger partial charge on any atom is 0.241 e. The third kappa shape index (κ3) is 3.99. The number of nitrogens with zero attached hydrogens (tertiary/aromatic N) is 2. The fourth-order valence-electron chi connectivity index (χ4n) is 1.63. The summed E-state index contributed by atoms with van der Waals surface area (Å²) in [6, 6.07) is 0. The zero-order valence-electron chi connectivity index (χ0n) is 11.0. The molecule has 0 saturated carbocycles. The third-order valence-corrected chi connectivity index (χ3v) is 3.40. The Balaban J connectivity index is 2.47. The molecule has 1 rings (SSSR count). The second kappa shape index (κ2) is 6.75. The Labute approximate surface area is 112 Å². The molecule has 1 aromatic heterocycles. The Morgan fingerprint density at radius 2 is 2.22 bits per heavy atom. The number of nitrogens with one attached hydrogen (secondary N) is 1. The minimum absolute atomic E-state index is 0.0953. The van der Waals surface area contributed by atoms with Gasteiger partial charge in [-0.2, -0.15) is 5.10 Å². The van der Waals surface area contributed by atoms with Crippen LogP contribution in [-0.2, 0) is 11.3 Å². The number of rotatable bonds is 6. The highest BCUT2D eigenvalue weighted by molar-refractivity contribution is 6.31. The minimum atomic E-state index is -0.0953. The molecule has 0 fully saturated rings. The number of aromatic nitrogens is 2. The van der Waals surface area contributed by atoms with Crippen LogP contribution in [0.5, 0.6) is 0 Å². The molecule has 0 aliphatic rings. The van der Waals surface area contributed by atoms with Gasteiger partial charge in [0.15, 0.2) is 0 Å². The smallest absolute Gasteiger partial charge is 0.241 e.